The van der Waals surface area contributed by atoms with Crippen LogP contribution in [0.25, 0.3) is 10.9 Å². The molecule has 0 bridgehead atoms. The SMILES string of the molecule is O=C(c1cncs1)N(Cc1ccco1)Cc1cc2ccc(F)cc2nc1N1CCN(CCO)CC1. The number of aliphatic hydroxyl groups is 1. The number of piperazine rings is 1. The van der Waals surface area contributed by atoms with Crippen LogP contribution in [0.1, 0.15) is 21.0 Å². The Morgan fingerprint density at radius 3 is 2.74 bits per heavy atom. The van der Waals surface area contributed by atoms with Crippen LogP contribution in [-0.2, 0) is 13.1 Å². The molecule has 0 aliphatic carbocycles. The Morgan fingerprint density at radius 1 is 1.17 bits per heavy atom. The fourth-order valence-corrected chi connectivity index (χ4v) is 4.95. The second-order valence-electron chi connectivity index (χ2n) is 8.47. The van der Waals surface area contributed by atoms with Gasteiger partial charge in [-0.25, -0.2) is 9.37 Å². The van der Waals surface area contributed by atoms with Gasteiger partial charge in [-0.05, 0) is 30.3 Å². The van der Waals surface area contributed by atoms with Gasteiger partial charge in [-0.3, -0.25) is 14.7 Å². The molecule has 1 saturated heterocycles. The summed E-state index contributed by atoms with van der Waals surface area (Å²) in [6.07, 6.45) is 3.17. The average molecular weight is 496 g/mol. The van der Waals surface area contributed by atoms with Crippen molar-refractivity contribution >= 4 is 34.0 Å². The van der Waals surface area contributed by atoms with Gasteiger partial charge in [-0.1, -0.05) is 0 Å². The summed E-state index contributed by atoms with van der Waals surface area (Å²) < 4.78 is 19.5. The quantitative estimate of drug-likeness (QED) is 0.401. The van der Waals surface area contributed by atoms with E-state index < -0.39 is 0 Å². The van der Waals surface area contributed by atoms with Crippen molar-refractivity contribution in [3.05, 3.63) is 76.4 Å². The van der Waals surface area contributed by atoms with Gasteiger partial charge in [0.15, 0.2) is 0 Å². The van der Waals surface area contributed by atoms with Gasteiger partial charge in [-0.15, -0.1) is 11.3 Å². The molecule has 1 N–H and O–H groups in total. The van der Waals surface area contributed by atoms with Crippen molar-refractivity contribution in [2.24, 2.45) is 0 Å². The number of rotatable bonds is 8. The fraction of sp³-hybridized carbons (Fsp3) is 0.320. The Balaban J connectivity index is 1.50. The number of carbonyl (C=O) groups is 1. The molecule has 1 amide bonds. The zero-order valence-corrected chi connectivity index (χ0v) is 20.0. The van der Waals surface area contributed by atoms with E-state index in [9.17, 15) is 14.3 Å². The van der Waals surface area contributed by atoms with Crippen LogP contribution in [0, 0.1) is 5.82 Å². The molecule has 1 aliphatic heterocycles. The molecule has 4 heterocycles. The maximum atomic E-state index is 14.0. The van der Waals surface area contributed by atoms with E-state index in [1.54, 1.807) is 35.0 Å². The molecule has 8 nitrogen and oxygen atoms in total. The Morgan fingerprint density at radius 2 is 2.03 bits per heavy atom. The third-order valence-corrected chi connectivity index (χ3v) is 6.90. The number of anilines is 1. The summed E-state index contributed by atoms with van der Waals surface area (Å²) in [5.74, 6) is 0.948. The monoisotopic (exact) mass is 495 g/mol. The summed E-state index contributed by atoms with van der Waals surface area (Å²) in [7, 11) is 0. The molecule has 1 aliphatic rings. The third-order valence-electron chi connectivity index (χ3n) is 6.14. The van der Waals surface area contributed by atoms with Gasteiger partial charge >= 0.3 is 0 Å². The maximum Gasteiger partial charge on any atom is 0.266 e. The highest BCUT2D eigenvalue weighted by atomic mass is 32.1. The van der Waals surface area contributed by atoms with Crippen LogP contribution in [0.5, 0.6) is 0 Å². The average Bonchev–Trinajstić information content (AvgIpc) is 3.58. The van der Waals surface area contributed by atoms with Gasteiger partial charge in [0, 0.05) is 49.7 Å². The van der Waals surface area contributed by atoms with Crippen LogP contribution in [-0.4, -0.2) is 70.1 Å². The number of nitrogens with zero attached hydrogens (tertiary/aromatic N) is 5. The molecule has 0 spiro atoms. The standard InChI is InChI=1S/C25H26FN5O3S/c26-20-4-3-18-12-19(24(28-22(18)13-20)30-7-5-29(6-8-30)9-10-32)15-31(16-21-2-1-11-34-21)25(33)23-14-27-17-35-23/h1-4,11-14,17,32H,5-10,15-16H2. The Hall–Kier alpha value is -3.34. The molecule has 4 aromatic rings. The number of amides is 1. The van der Waals surface area contributed by atoms with E-state index in [0.717, 1.165) is 42.9 Å². The summed E-state index contributed by atoms with van der Waals surface area (Å²) in [6.45, 7) is 4.40. The number of halogens is 1. The molecule has 0 saturated carbocycles. The molecule has 5 rings (SSSR count). The highest BCUT2D eigenvalue weighted by molar-refractivity contribution is 7.11. The number of fused-ring (bicyclic) bond motifs is 1. The van der Waals surface area contributed by atoms with Crippen LogP contribution in [0.2, 0.25) is 0 Å². The number of furan rings is 1. The highest BCUT2D eigenvalue weighted by Gasteiger charge is 2.25. The van der Waals surface area contributed by atoms with E-state index in [1.165, 1.54) is 23.5 Å². The molecule has 35 heavy (non-hydrogen) atoms. The van der Waals surface area contributed by atoms with Crippen molar-refractivity contribution in [1.29, 1.82) is 0 Å². The normalized spacial score (nSPS) is 14.5. The van der Waals surface area contributed by atoms with Crippen LogP contribution < -0.4 is 4.90 Å². The number of thiazole rings is 1. The predicted octanol–water partition coefficient (Wildman–Crippen LogP) is 3.38. The molecule has 10 heteroatoms. The summed E-state index contributed by atoms with van der Waals surface area (Å²) in [4.78, 5) is 29.0. The molecule has 0 atom stereocenters. The van der Waals surface area contributed by atoms with Crippen molar-refractivity contribution in [2.45, 2.75) is 13.1 Å². The molecular formula is C25H26FN5O3S. The number of aromatic nitrogens is 2. The largest absolute Gasteiger partial charge is 0.467 e. The van der Waals surface area contributed by atoms with Gasteiger partial charge in [0.05, 0.1) is 43.2 Å². The van der Waals surface area contributed by atoms with Crippen LogP contribution in [0.3, 0.4) is 0 Å². The maximum absolute atomic E-state index is 14.0. The summed E-state index contributed by atoms with van der Waals surface area (Å²) in [5, 5.41) is 10.1. The van der Waals surface area contributed by atoms with Gasteiger partial charge in [0.25, 0.3) is 5.91 Å². The van der Waals surface area contributed by atoms with Crippen LogP contribution >= 0.6 is 11.3 Å². The lowest BCUT2D eigenvalue weighted by atomic mass is 10.1. The van der Waals surface area contributed by atoms with Gasteiger partial charge in [0.1, 0.15) is 22.3 Å². The van der Waals surface area contributed by atoms with E-state index >= 15 is 0 Å². The van der Waals surface area contributed by atoms with Gasteiger partial charge in [-0.2, -0.15) is 0 Å². The number of carbonyl (C=O) groups excluding carboxylic acids is 1. The topological polar surface area (TPSA) is 85.9 Å². The first-order valence-corrected chi connectivity index (χ1v) is 12.4. The smallest absolute Gasteiger partial charge is 0.266 e. The lowest BCUT2D eigenvalue weighted by molar-refractivity contribution is 0.0722. The van der Waals surface area contributed by atoms with E-state index in [2.05, 4.69) is 14.8 Å². The Labute approximate surface area is 206 Å². The molecule has 0 unspecified atom stereocenters. The number of hydrogen-bond acceptors (Lipinski definition) is 8. The van der Waals surface area contributed by atoms with Crippen molar-refractivity contribution in [1.82, 2.24) is 19.8 Å². The molecule has 182 valence electrons. The number of aliphatic hydroxyl groups excluding tert-OH is 1. The Kier molecular flexibility index (Phi) is 7.03. The fourth-order valence-electron chi connectivity index (χ4n) is 4.36. The number of pyridine rings is 1. The molecule has 1 aromatic carbocycles. The minimum Gasteiger partial charge on any atom is -0.467 e. The van der Waals surface area contributed by atoms with E-state index in [-0.39, 0.29) is 18.3 Å². The minimum atomic E-state index is -0.337. The molecule has 1 fully saturated rings. The second kappa shape index (κ2) is 10.5. The molecule has 3 aromatic heterocycles. The van der Waals surface area contributed by atoms with Crippen LogP contribution in [0.4, 0.5) is 10.2 Å². The molecular weight excluding hydrogens is 469 g/mol. The summed E-state index contributed by atoms with van der Waals surface area (Å²) >= 11 is 1.30. The van der Waals surface area contributed by atoms with Gasteiger partial charge < -0.3 is 19.3 Å². The predicted molar refractivity (Wildman–Crippen MR) is 132 cm³/mol. The van der Waals surface area contributed by atoms with E-state index in [1.807, 2.05) is 12.1 Å². The lowest BCUT2D eigenvalue weighted by Crippen LogP contribution is -2.48. The zero-order chi connectivity index (χ0) is 24.2. The number of hydrogen-bond donors (Lipinski definition) is 1. The second-order valence-corrected chi connectivity index (χ2v) is 9.35. The number of benzene rings is 1. The van der Waals surface area contributed by atoms with Crippen molar-refractivity contribution < 1.29 is 18.7 Å². The first kappa shape index (κ1) is 23.4. The molecule has 0 radical (unpaired) electrons. The first-order chi connectivity index (χ1) is 17.1. The summed E-state index contributed by atoms with van der Waals surface area (Å²) in [5.41, 5.74) is 3.10. The van der Waals surface area contributed by atoms with Crippen molar-refractivity contribution in [3.8, 4) is 0 Å². The first-order valence-electron chi connectivity index (χ1n) is 11.5. The van der Waals surface area contributed by atoms with E-state index in [4.69, 9.17) is 9.40 Å². The zero-order valence-electron chi connectivity index (χ0n) is 19.1. The Bertz CT molecular complexity index is 1270. The lowest BCUT2D eigenvalue weighted by Gasteiger charge is -2.36. The van der Waals surface area contributed by atoms with Crippen molar-refractivity contribution in [2.75, 3.05) is 44.2 Å². The minimum absolute atomic E-state index is 0.125. The summed E-state index contributed by atoms with van der Waals surface area (Å²) in [6, 6.07) is 10.2. The number of β-amino-alcohol motifs (C(OH)–C–C–N with tert-alkyl or cyclic N) is 1. The van der Waals surface area contributed by atoms with E-state index in [0.29, 0.717) is 35.8 Å². The van der Waals surface area contributed by atoms with Gasteiger partial charge in [0.2, 0.25) is 0 Å². The third kappa shape index (κ3) is 5.34. The van der Waals surface area contributed by atoms with Crippen molar-refractivity contribution in [3.63, 3.8) is 0 Å². The highest BCUT2D eigenvalue weighted by Crippen LogP contribution is 2.28. The van der Waals surface area contributed by atoms with Crippen LogP contribution in [0.15, 0.2) is 58.8 Å².